The fourth-order valence-electron chi connectivity index (χ4n) is 3.26. The van der Waals surface area contributed by atoms with Crippen LogP contribution >= 0.6 is 23.8 Å². The van der Waals surface area contributed by atoms with Crippen molar-refractivity contribution in [2.45, 2.75) is 6.92 Å². The summed E-state index contributed by atoms with van der Waals surface area (Å²) >= 11 is 11.1. The zero-order valence-corrected chi connectivity index (χ0v) is 18.3. The molecule has 0 spiro atoms. The largest absolute Gasteiger partial charge is 0.496 e. The molecule has 2 N–H and O–H groups in total. The minimum absolute atomic E-state index is 0.0833. The lowest BCUT2D eigenvalue weighted by atomic mass is 10.1. The van der Waals surface area contributed by atoms with Gasteiger partial charge in [0, 0.05) is 49.5 Å². The molecule has 7 nitrogen and oxygen atoms in total. The lowest BCUT2D eigenvalue weighted by Crippen LogP contribution is -2.48. The van der Waals surface area contributed by atoms with Crippen molar-refractivity contribution in [3.8, 4) is 5.75 Å². The van der Waals surface area contributed by atoms with E-state index in [1.807, 2.05) is 29.2 Å². The van der Waals surface area contributed by atoms with E-state index in [0.29, 0.717) is 42.5 Å². The Morgan fingerprint density at radius 3 is 2.33 bits per heavy atom. The number of methoxy groups -OCH3 is 1. The summed E-state index contributed by atoms with van der Waals surface area (Å²) in [5, 5.41) is 6.26. The summed E-state index contributed by atoms with van der Waals surface area (Å²) in [4.78, 5) is 28.0. The summed E-state index contributed by atoms with van der Waals surface area (Å²) in [6, 6.07) is 12.8. The van der Waals surface area contributed by atoms with Gasteiger partial charge in [0.1, 0.15) is 5.75 Å². The maximum atomic E-state index is 12.9. The van der Waals surface area contributed by atoms with Gasteiger partial charge in [-0.1, -0.05) is 11.6 Å². The van der Waals surface area contributed by atoms with E-state index in [9.17, 15) is 9.59 Å². The van der Waals surface area contributed by atoms with Gasteiger partial charge in [0.25, 0.3) is 5.91 Å². The lowest BCUT2D eigenvalue weighted by molar-refractivity contribution is -0.117. The topological polar surface area (TPSA) is 73.9 Å². The maximum absolute atomic E-state index is 12.9. The van der Waals surface area contributed by atoms with Gasteiger partial charge in [-0.05, 0) is 54.7 Å². The van der Waals surface area contributed by atoms with E-state index in [-0.39, 0.29) is 16.9 Å². The van der Waals surface area contributed by atoms with Gasteiger partial charge in [-0.2, -0.15) is 0 Å². The fourth-order valence-corrected chi connectivity index (χ4v) is 3.70. The highest BCUT2D eigenvalue weighted by molar-refractivity contribution is 7.80. The van der Waals surface area contributed by atoms with Crippen LogP contribution in [0.15, 0.2) is 42.5 Å². The van der Waals surface area contributed by atoms with Crippen LogP contribution in [0.2, 0.25) is 5.02 Å². The van der Waals surface area contributed by atoms with Gasteiger partial charge in [0.15, 0.2) is 5.11 Å². The first-order chi connectivity index (χ1) is 14.4. The number of benzene rings is 2. The number of carbonyl (C=O) groups is 2. The van der Waals surface area contributed by atoms with Gasteiger partial charge in [0.2, 0.25) is 5.91 Å². The monoisotopic (exact) mass is 446 g/mol. The minimum Gasteiger partial charge on any atom is -0.496 e. The average Bonchev–Trinajstić information content (AvgIpc) is 2.73. The first-order valence-electron chi connectivity index (χ1n) is 9.44. The Morgan fingerprint density at radius 1 is 1.07 bits per heavy atom. The van der Waals surface area contributed by atoms with Gasteiger partial charge in [-0.3, -0.25) is 9.59 Å². The number of hydrogen-bond donors (Lipinski definition) is 2. The van der Waals surface area contributed by atoms with E-state index in [1.165, 1.54) is 6.92 Å². The number of amides is 2. The fraction of sp³-hybridized carbons (Fsp3) is 0.286. The molecular weight excluding hydrogens is 424 g/mol. The van der Waals surface area contributed by atoms with Gasteiger partial charge in [0.05, 0.1) is 12.7 Å². The maximum Gasteiger partial charge on any atom is 0.257 e. The third kappa shape index (κ3) is 5.40. The molecule has 1 saturated heterocycles. The standard InChI is InChI=1S/C21H23ClN4O3S/c1-14(27)23-21(30)24-16-4-6-17(7-5-16)25-9-11-26(12-10-25)20(28)18-13-15(22)3-8-19(18)29-2/h3-8,13H,9-12H2,1-2H3,(H2,23,24,27,30). The summed E-state index contributed by atoms with van der Waals surface area (Å²) in [6.07, 6.45) is 0. The van der Waals surface area contributed by atoms with Crippen LogP contribution in [0.3, 0.4) is 0 Å². The van der Waals surface area contributed by atoms with E-state index in [2.05, 4.69) is 15.5 Å². The summed E-state index contributed by atoms with van der Waals surface area (Å²) in [5.74, 6) is 0.221. The average molecular weight is 447 g/mol. The molecule has 2 aromatic rings. The van der Waals surface area contributed by atoms with Gasteiger partial charge in [-0.15, -0.1) is 0 Å². The SMILES string of the molecule is COc1ccc(Cl)cc1C(=O)N1CCN(c2ccc(NC(=S)NC(C)=O)cc2)CC1. The molecule has 30 heavy (non-hydrogen) atoms. The highest BCUT2D eigenvalue weighted by atomic mass is 35.5. The highest BCUT2D eigenvalue weighted by Gasteiger charge is 2.24. The number of nitrogens with one attached hydrogen (secondary N) is 2. The lowest BCUT2D eigenvalue weighted by Gasteiger charge is -2.36. The quantitative estimate of drug-likeness (QED) is 0.703. The molecule has 1 aliphatic rings. The molecule has 0 radical (unpaired) electrons. The number of hydrogen-bond acceptors (Lipinski definition) is 5. The molecule has 0 aliphatic carbocycles. The number of piperazine rings is 1. The van der Waals surface area contributed by atoms with Crippen LogP contribution in [0, 0.1) is 0 Å². The molecule has 0 bridgehead atoms. The zero-order chi connectivity index (χ0) is 21.7. The van der Waals surface area contributed by atoms with Crippen LogP contribution in [-0.2, 0) is 4.79 Å². The van der Waals surface area contributed by atoms with Crippen molar-refractivity contribution in [3.63, 3.8) is 0 Å². The Morgan fingerprint density at radius 2 is 1.73 bits per heavy atom. The second kappa shape index (κ2) is 9.77. The Hall–Kier alpha value is -2.84. The van der Waals surface area contributed by atoms with Crippen LogP contribution in [-0.4, -0.2) is 55.1 Å². The number of ether oxygens (including phenoxy) is 1. The Kier molecular flexibility index (Phi) is 7.12. The molecule has 1 fully saturated rings. The van der Waals surface area contributed by atoms with E-state index < -0.39 is 0 Å². The molecule has 1 heterocycles. The summed E-state index contributed by atoms with van der Waals surface area (Å²) in [6.45, 7) is 4.03. The van der Waals surface area contributed by atoms with Crippen molar-refractivity contribution in [1.82, 2.24) is 10.2 Å². The van der Waals surface area contributed by atoms with Crippen LogP contribution in [0.4, 0.5) is 11.4 Å². The normalized spacial score (nSPS) is 13.6. The molecular formula is C21H23ClN4O3S. The molecule has 9 heteroatoms. The van der Waals surface area contributed by atoms with Crippen LogP contribution in [0.5, 0.6) is 5.75 Å². The minimum atomic E-state index is -0.216. The van der Waals surface area contributed by atoms with Crippen molar-refractivity contribution in [1.29, 1.82) is 0 Å². The number of nitrogens with zero attached hydrogens (tertiary/aromatic N) is 2. The summed E-state index contributed by atoms with van der Waals surface area (Å²) in [5.41, 5.74) is 2.32. The molecule has 0 unspecified atom stereocenters. The predicted molar refractivity (Wildman–Crippen MR) is 123 cm³/mol. The van der Waals surface area contributed by atoms with E-state index in [0.717, 1.165) is 11.4 Å². The van der Waals surface area contributed by atoms with Gasteiger partial charge < -0.3 is 25.2 Å². The third-order valence-corrected chi connectivity index (χ3v) is 5.18. The van der Waals surface area contributed by atoms with E-state index >= 15 is 0 Å². The van der Waals surface area contributed by atoms with Gasteiger partial charge >= 0.3 is 0 Å². The second-order valence-electron chi connectivity index (χ2n) is 6.81. The molecule has 3 rings (SSSR count). The Bertz CT molecular complexity index is 944. The van der Waals surface area contributed by atoms with Crippen LogP contribution in [0.25, 0.3) is 0 Å². The second-order valence-corrected chi connectivity index (χ2v) is 7.65. The van der Waals surface area contributed by atoms with Crippen molar-refractivity contribution >= 4 is 52.1 Å². The number of anilines is 2. The molecule has 0 aromatic heterocycles. The van der Waals surface area contributed by atoms with Crippen molar-refractivity contribution in [3.05, 3.63) is 53.1 Å². The number of rotatable bonds is 4. The molecule has 158 valence electrons. The molecule has 0 saturated carbocycles. The molecule has 1 aliphatic heterocycles. The zero-order valence-electron chi connectivity index (χ0n) is 16.8. The van der Waals surface area contributed by atoms with Crippen LogP contribution in [0.1, 0.15) is 17.3 Å². The van der Waals surface area contributed by atoms with Gasteiger partial charge in [-0.25, -0.2) is 0 Å². The summed E-state index contributed by atoms with van der Waals surface area (Å²) in [7, 11) is 1.54. The van der Waals surface area contributed by atoms with Crippen molar-refractivity contribution in [2.75, 3.05) is 43.5 Å². The highest BCUT2D eigenvalue weighted by Crippen LogP contribution is 2.25. The number of thiocarbonyl (C=S) groups is 1. The van der Waals surface area contributed by atoms with E-state index in [1.54, 1.807) is 25.3 Å². The third-order valence-electron chi connectivity index (χ3n) is 4.74. The molecule has 2 aromatic carbocycles. The first-order valence-corrected chi connectivity index (χ1v) is 10.2. The summed E-state index contributed by atoms with van der Waals surface area (Å²) < 4.78 is 5.31. The van der Waals surface area contributed by atoms with E-state index in [4.69, 9.17) is 28.6 Å². The number of halogens is 1. The molecule has 2 amide bonds. The number of carbonyl (C=O) groups excluding carboxylic acids is 2. The van der Waals surface area contributed by atoms with Crippen molar-refractivity contribution < 1.29 is 14.3 Å². The predicted octanol–water partition coefficient (Wildman–Crippen LogP) is 3.14. The van der Waals surface area contributed by atoms with Crippen LogP contribution < -0.4 is 20.3 Å². The smallest absolute Gasteiger partial charge is 0.257 e. The Labute approximate surface area is 185 Å². The first kappa shape index (κ1) is 21.9. The molecule has 0 atom stereocenters. The van der Waals surface area contributed by atoms with Crippen molar-refractivity contribution in [2.24, 2.45) is 0 Å². The Balaban J connectivity index is 1.59.